The van der Waals surface area contributed by atoms with Crippen LogP contribution in [-0.2, 0) is 11.3 Å². The molecule has 1 aliphatic rings. The lowest BCUT2D eigenvalue weighted by atomic mass is 9.79. The van der Waals surface area contributed by atoms with Crippen molar-refractivity contribution in [3.8, 4) is 0 Å². The lowest BCUT2D eigenvalue weighted by Gasteiger charge is -2.45. The van der Waals surface area contributed by atoms with Crippen LogP contribution in [0.15, 0.2) is 30.2 Å². The lowest BCUT2D eigenvalue weighted by molar-refractivity contribution is -0.137. The van der Waals surface area contributed by atoms with Gasteiger partial charge in [0, 0.05) is 30.6 Å². The normalized spacial score (nSPS) is 21.6. The third kappa shape index (κ3) is 5.06. The quantitative estimate of drug-likeness (QED) is 0.781. The Morgan fingerprint density at radius 2 is 2.33 bits per heavy atom. The van der Waals surface area contributed by atoms with Crippen LogP contribution in [0.2, 0.25) is 0 Å². The number of carbonyl (C=O) groups is 1. The number of nitrogens with zero attached hydrogens (tertiary/aromatic N) is 2. The second-order valence-corrected chi connectivity index (χ2v) is 8.15. The van der Waals surface area contributed by atoms with E-state index in [1.807, 2.05) is 23.3 Å². The summed E-state index contributed by atoms with van der Waals surface area (Å²) in [6.45, 7) is 13.2. The lowest BCUT2D eigenvalue weighted by Crippen LogP contribution is -2.57. The summed E-state index contributed by atoms with van der Waals surface area (Å²) in [6.07, 6.45) is 2.74. The van der Waals surface area contributed by atoms with E-state index in [0.717, 1.165) is 19.5 Å². The minimum absolute atomic E-state index is 0. The molecule has 2 rings (SSSR count). The van der Waals surface area contributed by atoms with Gasteiger partial charge < -0.3 is 10.6 Å². The summed E-state index contributed by atoms with van der Waals surface area (Å²) in [4.78, 5) is 18.3. The molecular weight excluding hydrogens is 342 g/mol. The standard InChI is InChI=1S/C18H29N3OS.ClH/c1-5-9-20(12-15-7-6-11-23-15)17(22)14(2)21-10-8-16(19)18(3,4)13-21;/h5-7,11,14,16H,1,8-10,12-13,19H2,2-4H3;1H. The van der Waals surface area contributed by atoms with Crippen LogP contribution in [0.3, 0.4) is 0 Å². The molecule has 0 radical (unpaired) electrons. The zero-order valence-electron chi connectivity index (χ0n) is 14.9. The highest BCUT2D eigenvalue weighted by atomic mass is 35.5. The summed E-state index contributed by atoms with van der Waals surface area (Å²) in [6, 6.07) is 4.18. The van der Waals surface area contributed by atoms with Gasteiger partial charge in [-0.25, -0.2) is 0 Å². The minimum atomic E-state index is -0.123. The van der Waals surface area contributed by atoms with Gasteiger partial charge in [0.15, 0.2) is 0 Å². The van der Waals surface area contributed by atoms with E-state index in [1.54, 1.807) is 17.4 Å². The Balaban J connectivity index is 0.00000288. The van der Waals surface area contributed by atoms with E-state index in [-0.39, 0.29) is 35.8 Å². The van der Waals surface area contributed by atoms with E-state index in [0.29, 0.717) is 13.1 Å². The van der Waals surface area contributed by atoms with Gasteiger partial charge in [-0.05, 0) is 30.2 Å². The molecular formula is C18H30ClN3OS. The Morgan fingerprint density at radius 1 is 1.62 bits per heavy atom. The largest absolute Gasteiger partial charge is 0.332 e. The molecule has 0 aromatic carbocycles. The number of amides is 1. The smallest absolute Gasteiger partial charge is 0.240 e. The fourth-order valence-electron chi connectivity index (χ4n) is 3.15. The number of nitrogens with two attached hydrogens (primary N) is 1. The number of hydrogen-bond acceptors (Lipinski definition) is 4. The van der Waals surface area contributed by atoms with Gasteiger partial charge in [0.25, 0.3) is 0 Å². The molecule has 1 aromatic rings. The Bertz CT molecular complexity index is 532. The maximum atomic E-state index is 13.0. The summed E-state index contributed by atoms with van der Waals surface area (Å²) >= 11 is 1.68. The summed E-state index contributed by atoms with van der Waals surface area (Å²) in [5.41, 5.74) is 6.26. The SMILES string of the molecule is C=CCN(Cc1cccs1)C(=O)C(C)N1CCC(N)C(C)(C)C1.Cl. The maximum absolute atomic E-state index is 13.0. The van der Waals surface area contributed by atoms with Crippen LogP contribution < -0.4 is 5.73 Å². The van der Waals surface area contributed by atoms with Gasteiger partial charge in [-0.15, -0.1) is 30.3 Å². The first-order valence-electron chi connectivity index (χ1n) is 8.27. The number of carbonyl (C=O) groups excluding carboxylic acids is 1. The monoisotopic (exact) mass is 371 g/mol. The van der Waals surface area contributed by atoms with E-state index < -0.39 is 0 Å². The number of rotatable bonds is 6. The van der Waals surface area contributed by atoms with Crippen LogP contribution in [0.25, 0.3) is 0 Å². The molecule has 2 unspecified atom stereocenters. The highest BCUT2D eigenvalue weighted by Crippen LogP contribution is 2.29. The first kappa shape index (κ1) is 21.2. The molecule has 2 N–H and O–H groups in total. The number of likely N-dealkylation sites (tertiary alicyclic amines) is 1. The average Bonchev–Trinajstić information content (AvgIpc) is 3.01. The van der Waals surface area contributed by atoms with Gasteiger partial charge in [-0.2, -0.15) is 0 Å². The van der Waals surface area contributed by atoms with Crippen LogP contribution >= 0.6 is 23.7 Å². The van der Waals surface area contributed by atoms with Gasteiger partial charge >= 0.3 is 0 Å². The predicted molar refractivity (Wildman–Crippen MR) is 105 cm³/mol. The minimum Gasteiger partial charge on any atom is -0.332 e. The summed E-state index contributed by atoms with van der Waals surface area (Å²) in [7, 11) is 0. The van der Waals surface area contributed by atoms with Crippen molar-refractivity contribution in [1.82, 2.24) is 9.80 Å². The molecule has 136 valence electrons. The highest BCUT2D eigenvalue weighted by molar-refractivity contribution is 7.09. The summed E-state index contributed by atoms with van der Waals surface area (Å²) in [5.74, 6) is 0.171. The third-order valence-electron chi connectivity index (χ3n) is 4.83. The number of hydrogen-bond donors (Lipinski definition) is 1. The van der Waals surface area contributed by atoms with Gasteiger partial charge in [-0.3, -0.25) is 9.69 Å². The Labute approximate surface area is 156 Å². The zero-order chi connectivity index (χ0) is 17.0. The molecule has 2 atom stereocenters. The van der Waals surface area contributed by atoms with Crippen molar-refractivity contribution in [1.29, 1.82) is 0 Å². The van der Waals surface area contributed by atoms with Crippen molar-refractivity contribution in [2.45, 2.75) is 45.8 Å². The van der Waals surface area contributed by atoms with Crippen molar-refractivity contribution >= 4 is 29.7 Å². The molecule has 4 nitrogen and oxygen atoms in total. The average molecular weight is 372 g/mol. The first-order chi connectivity index (χ1) is 10.8. The number of piperidine rings is 1. The van der Waals surface area contributed by atoms with Crippen molar-refractivity contribution in [3.63, 3.8) is 0 Å². The Morgan fingerprint density at radius 3 is 2.88 bits per heavy atom. The van der Waals surface area contributed by atoms with E-state index in [2.05, 4.69) is 31.4 Å². The molecule has 1 amide bonds. The molecule has 6 heteroatoms. The van der Waals surface area contributed by atoms with Gasteiger partial charge in [0.05, 0.1) is 12.6 Å². The topological polar surface area (TPSA) is 49.6 Å². The second kappa shape index (κ2) is 8.99. The fourth-order valence-corrected chi connectivity index (χ4v) is 3.86. The molecule has 2 heterocycles. The third-order valence-corrected chi connectivity index (χ3v) is 5.70. The molecule has 24 heavy (non-hydrogen) atoms. The molecule has 0 bridgehead atoms. The fraction of sp³-hybridized carbons (Fsp3) is 0.611. The van der Waals surface area contributed by atoms with Crippen molar-refractivity contribution in [2.24, 2.45) is 11.1 Å². The van der Waals surface area contributed by atoms with Gasteiger partial charge in [-0.1, -0.05) is 26.0 Å². The van der Waals surface area contributed by atoms with Crippen molar-refractivity contribution in [2.75, 3.05) is 19.6 Å². The van der Waals surface area contributed by atoms with E-state index in [1.165, 1.54) is 4.88 Å². The molecule has 0 saturated carbocycles. The highest BCUT2D eigenvalue weighted by Gasteiger charge is 2.37. The van der Waals surface area contributed by atoms with E-state index in [4.69, 9.17) is 5.73 Å². The summed E-state index contributed by atoms with van der Waals surface area (Å²) in [5, 5.41) is 2.05. The van der Waals surface area contributed by atoms with E-state index in [9.17, 15) is 4.79 Å². The molecule has 1 fully saturated rings. The Hall–Kier alpha value is -0.880. The van der Waals surface area contributed by atoms with Crippen molar-refractivity contribution < 1.29 is 4.79 Å². The molecule has 1 aromatic heterocycles. The van der Waals surface area contributed by atoms with Crippen molar-refractivity contribution in [3.05, 3.63) is 35.0 Å². The Kier molecular flexibility index (Phi) is 7.93. The number of halogens is 1. The first-order valence-corrected chi connectivity index (χ1v) is 9.15. The van der Waals surface area contributed by atoms with E-state index >= 15 is 0 Å². The number of thiophene rings is 1. The molecule has 1 saturated heterocycles. The van der Waals surface area contributed by atoms with Crippen LogP contribution in [0.4, 0.5) is 0 Å². The second-order valence-electron chi connectivity index (χ2n) is 7.12. The molecule has 0 aliphatic carbocycles. The van der Waals surface area contributed by atoms with Gasteiger partial charge in [0.2, 0.25) is 5.91 Å². The van der Waals surface area contributed by atoms with Crippen LogP contribution in [0, 0.1) is 5.41 Å². The maximum Gasteiger partial charge on any atom is 0.240 e. The predicted octanol–water partition coefficient (Wildman–Crippen LogP) is 3.13. The van der Waals surface area contributed by atoms with Crippen LogP contribution in [0.1, 0.15) is 32.1 Å². The zero-order valence-corrected chi connectivity index (χ0v) is 16.5. The van der Waals surface area contributed by atoms with Crippen LogP contribution in [-0.4, -0.2) is 47.4 Å². The van der Waals surface area contributed by atoms with Gasteiger partial charge in [0.1, 0.15) is 0 Å². The van der Waals surface area contributed by atoms with Crippen LogP contribution in [0.5, 0.6) is 0 Å². The molecule has 0 spiro atoms. The summed E-state index contributed by atoms with van der Waals surface area (Å²) < 4.78 is 0. The molecule has 1 aliphatic heterocycles.